The maximum Gasteiger partial charge on any atom is 0.279 e. The van der Waals surface area contributed by atoms with Gasteiger partial charge in [-0.1, -0.05) is 0 Å². The minimum Gasteiger partial charge on any atom is -0.505 e. The normalized spacial score (nSPS) is 17.0. The van der Waals surface area contributed by atoms with Crippen LogP contribution in [-0.4, -0.2) is 44.2 Å². The molecule has 0 spiro atoms. The summed E-state index contributed by atoms with van der Waals surface area (Å²) in [5.41, 5.74) is 0.700. The number of aliphatic hydroxyl groups is 1. The van der Waals surface area contributed by atoms with Crippen LogP contribution < -0.4 is 0 Å². The third kappa shape index (κ3) is 2.72. The lowest BCUT2D eigenvalue weighted by Gasteiger charge is -2.29. The van der Waals surface area contributed by atoms with Crippen LogP contribution in [0.3, 0.4) is 0 Å². The van der Waals surface area contributed by atoms with E-state index in [0.717, 1.165) is 0 Å². The second-order valence-corrected chi connectivity index (χ2v) is 5.57. The van der Waals surface area contributed by atoms with Crippen LogP contribution in [0, 0.1) is 10.1 Å². The van der Waals surface area contributed by atoms with Crippen molar-refractivity contribution in [3.8, 4) is 5.75 Å². The molecule has 1 aromatic carbocycles. The van der Waals surface area contributed by atoms with Crippen molar-refractivity contribution in [3.63, 3.8) is 0 Å². The van der Waals surface area contributed by atoms with Gasteiger partial charge in [0.15, 0.2) is 0 Å². The average molecular weight is 303 g/mol. The van der Waals surface area contributed by atoms with E-state index in [-0.39, 0.29) is 23.1 Å². The molecule has 7 heteroatoms. The Bertz CT molecular complexity index is 711. The molecule has 0 radical (unpaired) electrons. The average Bonchev–Trinajstić information content (AvgIpc) is 2.52. The first-order valence-corrected chi connectivity index (χ1v) is 7.20. The van der Waals surface area contributed by atoms with Crippen molar-refractivity contribution in [1.82, 2.24) is 9.88 Å². The third-order valence-electron chi connectivity index (χ3n) is 4.07. The van der Waals surface area contributed by atoms with Gasteiger partial charge in [-0.25, -0.2) is 0 Å². The standard InChI is InChI=1S/C15H17N3O4/c19-11-3-6-17(7-4-11)9-10-8-13(18(21)22)12-2-1-5-16-14(12)15(10)20/h1-2,5,8,11,19-20H,3-4,6-7,9H2. The fourth-order valence-corrected chi connectivity index (χ4v) is 2.85. The minimum atomic E-state index is -0.451. The van der Waals surface area contributed by atoms with Gasteiger partial charge in [-0.3, -0.25) is 20.0 Å². The number of benzene rings is 1. The summed E-state index contributed by atoms with van der Waals surface area (Å²) in [4.78, 5) is 17.0. The summed E-state index contributed by atoms with van der Waals surface area (Å²) >= 11 is 0. The minimum absolute atomic E-state index is 0.00711. The number of hydrogen-bond donors (Lipinski definition) is 2. The molecular formula is C15H17N3O4. The smallest absolute Gasteiger partial charge is 0.279 e. The molecular weight excluding hydrogens is 286 g/mol. The summed E-state index contributed by atoms with van der Waals surface area (Å²) < 4.78 is 0. The highest BCUT2D eigenvalue weighted by molar-refractivity contribution is 5.93. The van der Waals surface area contributed by atoms with Gasteiger partial charge in [-0.05, 0) is 25.0 Å². The first kappa shape index (κ1) is 14.7. The van der Waals surface area contributed by atoms with Crippen LogP contribution >= 0.6 is 0 Å². The monoisotopic (exact) mass is 303 g/mol. The predicted molar refractivity (Wildman–Crippen MR) is 80.6 cm³/mol. The number of nitro groups is 1. The lowest BCUT2D eigenvalue weighted by molar-refractivity contribution is -0.383. The van der Waals surface area contributed by atoms with Crippen LogP contribution in [-0.2, 0) is 6.54 Å². The van der Waals surface area contributed by atoms with E-state index in [2.05, 4.69) is 9.88 Å². The number of likely N-dealkylation sites (tertiary alicyclic amines) is 1. The van der Waals surface area contributed by atoms with Crippen molar-refractivity contribution in [3.05, 3.63) is 40.1 Å². The molecule has 0 amide bonds. The number of fused-ring (bicyclic) bond motifs is 1. The molecule has 0 bridgehead atoms. The van der Waals surface area contributed by atoms with Crippen LogP contribution in [0.5, 0.6) is 5.75 Å². The number of nitrogens with zero attached hydrogens (tertiary/aromatic N) is 3. The number of rotatable bonds is 3. The summed E-state index contributed by atoms with van der Waals surface area (Å²) in [5.74, 6) is -0.00711. The molecule has 0 aliphatic carbocycles. The number of hydrogen-bond acceptors (Lipinski definition) is 6. The lowest BCUT2D eigenvalue weighted by atomic mass is 10.0. The van der Waals surface area contributed by atoms with E-state index in [9.17, 15) is 20.3 Å². The van der Waals surface area contributed by atoms with Crippen molar-refractivity contribution in [2.24, 2.45) is 0 Å². The maximum atomic E-state index is 11.3. The molecule has 1 saturated heterocycles. The fraction of sp³-hybridized carbons (Fsp3) is 0.400. The van der Waals surface area contributed by atoms with E-state index < -0.39 is 4.92 Å². The van der Waals surface area contributed by atoms with E-state index in [4.69, 9.17) is 0 Å². The zero-order chi connectivity index (χ0) is 15.7. The number of aromatic hydroxyl groups is 1. The molecule has 1 aromatic heterocycles. The van der Waals surface area contributed by atoms with E-state index in [1.165, 1.54) is 12.3 Å². The predicted octanol–water partition coefficient (Wildman–Crippen LogP) is 1.81. The Labute approximate surface area is 127 Å². The molecule has 2 N–H and O–H groups in total. The van der Waals surface area contributed by atoms with Crippen LogP contribution in [0.2, 0.25) is 0 Å². The topological polar surface area (TPSA) is 99.7 Å². The summed E-state index contributed by atoms with van der Waals surface area (Å²) in [6, 6.07) is 4.62. The first-order chi connectivity index (χ1) is 10.6. The van der Waals surface area contributed by atoms with Gasteiger partial charge in [0, 0.05) is 37.5 Å². The number of pyridine rings is 1. The van der Waals surface area contributed by atoms with Gasteiger partial charge < -0.3 is 10.2 Å². The van der Waals surface area contributed by atoms with Gasteiger partial charge in [0.05, 0.1) is 16.4 Å². The molecule has 1 aliphatic rings. The van der Waals surface area contributed by atoms with Crippen molar-refractivity contribution in [2.75, 3.05) is 13.1 Å². The molecule has 3 rings (SSSR count). The van der Waals surface area contributed by atoms with Crippen molar-refractivity contribution in [1.29, 1.82) is 0 Å². The largest absolute Gasteiger partial charge is 0.505 e. The summed E-state index contributed by atoms with van der Waals surface area (Å²) in [6.07, 6.45) is 2.58. The van der Waals surface area contributed by atoms with E-state index in [1.807, 2.05) is 0 Å². The van der Waals surface area contributed by atoms with Gasteiger partial charge in [0.25, 0.3) is 5.69 Å². The van der Waals surface area contributed by atoms with Gasteiger partial charge >= 0.3 is 0 Å². The Kier molecular flexibility index (Phi) is 3.91. The summed E-state index contributed by atoms with van der Waals surface area (Å²) in [6.45, 7) is 1.81. The van der Waals surface area contributed by atoms with Crippen LogP contribution in [0.4, 0.5) is 5.69 Å². The van der Waals surface area contributed by atoms with Gasteiger partial charge in [-0.15, -0.1) is 0 Å². The lowest BCUT2D eigenvalue weighted by Crippen LogP contribution is -2.35. The van der Waals surface area contributed by atoms with Gasteiger partial charge in [-0.2, -0.15) is 0 Å². The van der Waals surface area contributed by atoms with Gasteiger partial charge in [0.1, 0.15) is 11.3 Å². The Morgan fingerprint density at radius 1 is 1.41 bits per heavy atom. The molecule has 1 aliphatic heterocycles. The van der Waals surface area contributed by atoms with Crippen molar-refractivity contribution >= 4 is 16.6 Å². The molecule has 0 saturated carbocycles. The quantitative estimate of drug-likeness (QED) is 0.662. The Morgan fingerprint density at radius 3 is 2.82 bits per heavy atom. The summed E-state index contributed by atoms with van der Waals surface area (Å²) in [7, 11) is 0. The SMILES string of the molecule is O=[N+]([O-])c1cc(CN2CCC(O)CC2)c(O)c2ncccc12. The zero-order valence-corrected chi connectivity index (χ0v) is 12.0. The molecule has 1 fully saturated rings. The number of phenols is 1. The highest BCUT2D eigenvalue weighted by Crippen LogP contribution is 2.35. The van der Waals surface area contributed by atoms with Crippen molar-refractivity contribution < 1.29 is 15.1 Å². The molecule has 2 aromatic rings. The maximum absolute atomic E-state index is 11.3. The molecule has 0 unspecified atom stereocenters. The number of aromatic nitrogens is 1. The number of phenolic OH excluding ortho intramolecular Hbond substituents is 1. The number of piperidine rings is 1. The molecule has 0 atom stereocenters. The third-order valence-corrected chi connectivity index (χ3v) is 4.07. The van der Waals surface area contributed by atoms with E-state index >= 15 is 0 Å². The van der Waals surface area contributed by atoms with Crippen LogP contribution in [0.15, 0.2) is 24.4 Å². The van der Waals surface area contributed by atoms with Crippen LogP contribution in [0.25, 0.3) is 10.9 Å². The molecule has 116 valence electrons. The second-order valence-electron chi connectivity index (χ2n) is 5.57. The molecule has 22 heavy (non-hydrogen) atoms. The van der Waals surface area contributed by atoms with E-state index in [1.54, 1.807) is 12.1 Å². The Hall–Kier alpha value is -2.25. The second kappa shape index (κ2) is 5.86. The fourth-order valence-electron chi connectivity index (χ4n) is 2.85. The van der Waals surface area contributed by atoms with Crippen LogP contribution in [0.1, 0.15) is 18.4 Å². The number of nitro benzene ring substituents is 1. The molecule has 2 heterocycles. The number of non-ortho nitro benzene ring substituents is 1. The Morgan fingerprint density at radius 2 is 2.14 bits per heavy atom. The van der Waals surface area contributed by atoms with E-state index in [0.29, 0.717) is 43.4 Å². The highest BCUT2D eigenvalue weighted by atomic mass is 16.6. The number of aliphatic hydroxyl groups excluding tert-OH is 1. The first-order valence-electron chi connectivity index (χ1n) is 7.20. The van der Waals surface area contributed by atoms with Gasteiger partial charge in [0.2, 0.25) is 0 Å². The zero-order valence-electron chi connectivity index (χ0n) is 12.0. The summed E-state index contributed by atoms with van der Waals surface area (Å²) in [5, 5.41) is 31.5. The Balaban J connectivity index is 1.99. The van der Waals surface area contributed by atoms with Crippen molar-refractivity contribution in [2.45, 2.75) is 25.5 Å². The highest BCUT2D eigenvalue weighted by Gasteiger charge is 2.23. The molecule has 7 nitrogen and oxygen atoms in total.